The lowest BCUT2D eigenvalue weighted by Gasteiger charge is -2.32. The van der Waals surface area contributed by atoms with Crippen LogP contribution in [0.2, 0.25) is 0 Å². The molecule has 150 valence electrons. The molecule has 0 radical (unpaired) electrons. The van der Waals surface area contributed by atoms with Crippen LogP contribution < -0.4 is 4.90 Å². The highest BCUT2D eigenvalue weighted by molar-refractivity contribution is 5.94. The Balaban J connectivity index is 1.48. The summed E-state index contributed by atoms with van der Waals surface area (Å²) in [5.74, 6) is 2.65. The fraction of sp³-hybridized carbons (Fsp3) is 0.591. The van der Waals surface area contributed by atoms with E-state index in [9.17, 15) is 4.79 Å². The number of carbonyl (C=O) groups is 1. The van der Waals surface area contributed by atoms with Crippen LogP contribution in [0.15, 0.2) is 24.3 Å². The molecule has 6 nitrogen and oxygen atoms in total. The number of hydrogen-bond donors (Lipinski definition) is 0. The van der Waals surface area contributed by atoms with Gasteiger partial charge in [0.15, 0.2) is 0 Å². The molecule has 2 aromatic rings. The van der Waals surface area contributed by atoms with Crippen molar-refractivity contribution in [3.63, 3.8) is 0 Å². The molecule has 0 bridgehead atoms. The van der Waals surface area contributed by atoms with Gasteiger partial charge in [-0.25, -0.2) is 0 Å². The van der Waals surface area contributed by atoms with E-state index in [0.29, 0.717) is 5.92 Å². The number of piperidine rings is 1. The summed E-state index contributed by atoms with van der Waals surface area (Å²) in [6, 6.07) is 7.99. The van der Waals surface area contributed by atoms with Gasteiger partial charge in [-0.1, -0.05) is 6.42 Å². The molecule has 28 heavy (non-hydrogen) atoms. The Morgan fingerprint density at radius 1 is 1.11 bits per heavy atom. The van der Waals surface area contributed by atoms with E-state index in [1.807, 2.05) is 29.2 Å². The van der Waals surface area contributed by atoms with Crippen LogP contribution in [0, 0.1) is 0 Å². The molecule has 1 fully saturated rings. The summed E-state index contributed by atoms with van der Waals surface area (Å²) < 4.78 is 2.33. The van der Waals surface area contributed by atoms with Gasteiger partial charge in [0.05, 0.1) is 0 Å². The summed E-state index contributed by atoms with van der Waals surface area (Å²) in [4.78, 5) is 17.3. The number of rotatable bonds is 4. The summed E-state index contributed by atoms with van der Waals surface area (Å²) in [6.45, 7) is 5.66. The van der Waals surface area contributed by atoms with Crippen molar-refractivity contribution >= 4 is 11.6 Å². The first-order valence-electron chi connectivity index (χ1n) is 10.7. The van der Waals surface area contributed by atoms with E-state index in [1.54, 1.807) is 0 Å². The highest BCUT2D eigenvalue weighted by atomic mass is 16.2. The molecule has 1 amide bonds. The van der Waals surface area contributed by atoms with E-state index < -0.39 is 0 Å². The van der Waals surface area contributed by atoms with Crippen molar-refractivity contribution in [2.24, 2.45) is 0 Å². The Morgan fingerprint density at radius 2 is 1.93 bits per heavy atom. The predicted octanol–water partition coefficient (Wildman–Crippen LogP) is 3.48. The zero-order valence-electron chi connectivity index (χ0n) is 17.1. The average molecular weight is 382 g/mol. The Labute approximate surface area is 167 Å². The van der Waals surface area contributed by atoms with Crippen molar-refractivity contribution in [2.75, 3.05) is 31.6 Å². The maximum atomic E-state index is 13.1. The van der Waals surface area contributed by atoms with Gasteiger partial charge in [-0.05, 0) is 56.9 Å². The molecule has 3 heterocycles. The second kappa shape index (κ2) is 8.33. The van der Waals surface area contributed by atoms with E-state index in [2.05, 4.69) is 33.6 Å². The number of hydrogen-bond acceptors (Lipinski definition) is 4. The SMILES string of the molecule is CCN(C)c1ccc(C(=O)N2CCCC(c3nnc4n3CCCCC4)C2)cc1. The molecule has 1 unspecified atom stereocenters. The number of aryl methyl sites for hydroxylation is 1. The molecule has 1 aromatic carbocycles. The maximum Gasteiger partial charge on any atom is 0.253 e. The van der Waals surface area contributed by atoms with Crippen LogP contribution in [0.5, 0.6) is 0 Å². The summed E-state index contributed by atoms with van der Waals surface area (Å²) in [5, 5.41) is 9.00. The van der Waals surface area contributed by atoms with E-state index in [0.717, 1.165) is 68.3 Å². The molecule has 4 rings (SSSR count). The van der Waals surface area contributed by atoms with Gasteiger partial charge >= 0.3 is 0 Å². The molecule has 0 aliphatic carbocycles. The quantitative estimate of drug-likeness (QED) is 0.814. The fourth-order valence-corrected chi connectivity index (χ4v) is 4.41. The van der Waals surface area contributed by atoms with Crippen LogP contribution in [-0.2, 0) is 13.0 Å². The topological polar surface area (TPSA) is 54.3 Å². The Kier molecular flexibility index (Phi) is 5.64. The highest BCUT2D eigenvalue weighted by Crippen LogP contribution is 2.29. The minimum atomic E-state index is 0.131. The third-order valence-electron chi connectivity index (χ3n) is 6.24. The number of likely N-dealkylation sites (tertiary alicyclic amines) is 1. The monoisotopic (exact) mass is 381 g/mol. The fourth-order valence-electron chi connectivity index (χ4n) is 4.41. The third kappa shape index (κ3) is 3.77. The Bertz CT molecular complexity index is 813. The zero-order chi connectivity index (χ0) is 19.5. The molecule has 0 spiro atoms. The van der Waals surface area contributed by atoms with Gasteiger partial charge in [0, 0.05) is 56.8 Å². The lowest BCUT2D eigenvalue weighted by molar-refractivity contribution is 0.0703. The number of fused-ring (bicyclic) bond motifs is 1. The first-order valence-corrected chi connectivity index (χ1v) is 10.7. The van der Waals surface area contributed by atoms with Crippen LogP contribution in [0.4, 0.5) is 5.69 Å². The van der Waals surface area contributed by atoms with Gasteiger partial charge in [-0.2, -0.15) is 0 Å². The molecule has 6 heteroatoms. The average Bonchev–Trinajstić information content (AvgIpc) is 3.01. The number of amides is 1. The summed E-state index contributed by atoms with van der Waals surface area (Å²) >= 11 is 0. The van der Waals surface area contributed by atoms with Crippen molar-refractivity contribution < 1.29 is 4.79 Å². The van der Waals surface area contributed by atoms with E-state index >= 15 is 0 Å². The molecular formula is C22H31N5O. The van der Waals surface area contributed by atoms with Gasteiger partial charge < -0.3 is 14.4 Å². The third-order valence-corrected chi connectivity index (χ3v) is 6.24. The minimum Gasteiger partial charge on any atom is -0.375 e. The Morgan fingerprint density at radius 3 is 2.71 bits per heavy atom. The number of carbonyl (C=O) groups excluding carboxylic acids is 1. The molecule has 1 aromatic heterocycles. The van der Waals surface area contributed by atoms with E-state index in [1.165, 1.54) is 19.3 Å². The summed E-state index contributed by atoms with van der Waals surface area (Å²) in [6.07, 6.45) is 6.81. The van der Waals surface area contributed by atoms with Crippen molar-refractivity contribution in [1.29, 1.82) is 0 Å². The van der Waals surface area contributed by atoms with Crippen LogP contribution in [0.1, 0.15) is 67.0 Å². The number of nitrogens with zero attached hydrogens (tertiary/aromatic N) is 5. The molecular weight excluding hydrogens is 350 g/mol. The lowest BCUT2D eigenvalue weighted by Crippen LogP contribution is -2.39. The van der Waals surface area contributed by atoms with Crippen LogP contribution >= 0.6 is 0 Å². The zero-order valence-corrected chi connectivity index (χ0v) is 17.1. The highest BCUT2D eigenvalue weighted by Gasteiger charge is 2.29. The molecule has 0 N–H and O–H groups in total. The molecule has 0 saturated carbocycles. The largest absolute Gasteiger partial charge is 0.375 e. The first-order chi connectivity index (χ1) is 13.7. The molecule has 2 aliphatic heterocycles. The van der Waals surface area contributed by atoms with Gasteiger partial charge in [0.25, 0.3) is 5.91 Å². The summed E-state index contributed by atoms with van der Waals surface area (Å²) in [5.41, 5.74) is 1.91. The maximum absolute atomic E-state index is 13.1. The van der Waals surface area contributed by atoms with Gasteiger partial charge in [0.2, 0.25) is 0 Å². The van der Waals surface area contributed by atoms with Gasteiger partial charge in [-0.3, -0.25) is 4.79 Å². The van der Waals surface area contributed by atoms with Crippen LogP contribution in [-0.4, -0.2) is 52.3 Å². The van der Waals surface area contributed by atoms with E-state index in [4.69, 9.17) is 0 Å². The van der Waals surface area contributed by atoms with Gasteiger partial charge in [0.1, 0.15) is 11.6 Å². The smallest absolute Gasteiger partial charge is 0.253 e. The first kappa shape index (κ1) is 19.0. The second-order valence-corrected chi connectivity index (χ2v) is 8.09. The van der Waals surface area contributed by atoms with E-state index in [-0.39, 0.29) is 5.91 Å². The Hall–Kier alpha value is -2.37. The molecule has 1 atom stereocenters. The van der Waals surface area contributed by atoms with Crippen LogP contribution in [0.25, 0.3) is 0 Å². The minimum absolute atomic E-state index is 0.131. The van der Waals surface area contributed by atoms with Crippen LogP contribution in [0.3, 0.4) is 0 Å². The lowest BCUT2D eigenvalue weighted by atomic mass is 9.96. The standard InChI is InChI=1S/C22H31N5O/c1-3-25(2)19-12-10-17(11-13-19)22(28)26-14-7-8-18(16-26)21-24-23-20-9-5-4-6-15-27(20)21/h10-13,18H,3-9,14-16H2,1-2H3. The van der Waals surface area contributed by atoms with Gasteiger partial charge in [-0.15, -0.1) is 10.2 Å². The normalized spacial score (nSPS) is 19.8. The van der Waals surface area contributed by atoms with Crippen molar-refractivity contribution in [2.45, 2.75) is 57.9 Å². The van der Waals surface area contributed by atoms with Crippen molar-refractivity contribution in [1.82, 2.24) is 19.7 Å². The molecule has 1 saturated heterocycles. The number of aromatic nitrogens is 3. The summed E-state index contributed by atoms with van der Waals surface area (Å²) in [7, 11) is 2.06. The van der Waals surface area contributed by atoms with Crippen molar-refractivity contribution in [3.05, 3.63) is 41.5 Å². The number of benzene rings is 1. The predicted molar refractivity (Wildman–Crippen MR) is 111 cm³/mol. The number of anilines is 1. The van der Waals surface area contributed by atoms with Crippen molar-refractivity contribution in [3.8, 4) is 0 Å². The molecule has 2 aliphatic rings. The second-order valence-electron chi connectivity index (χ2n) is 8.09.